The molecule has 1 aliphatic rings. The summed E-state index contributed by atoms with van der Waals surface area (Å²) < 4.78 is 0. The normalized spacial score (nSPS) is 19.2. The van der Waals surface area contributed by atoms with E-state index < -0.39 is 0 Å². The summed E-state index contributed by atoms with van der Waals surface area (Å²) in [5.41, 5.74) is 5.09. The molecule has 0 bridgehead atoms. The van der Waals surface area contributed by atoms with Crippen molar-refractivity contribution in [1.82, 2.24) is 10.3 Å². The van der Waals surface area contributed by atoms with Gasteiger partial charge in [0, 0.05) is 17.1 Å². The molecule has 2 nitrogen and oxygen atoms in total. The van der Waals surface area contributed by atoms with Crippen LogP contribution < -0.4 is 5.32 Å². The number of hydrogen-bond donors (Lipinski definition) is 1. The maximum atomic E-state index is 4.27. The van der Waals surface area contributed by atoms with Gasteiger partial charge in [-0.05, 0) is 55.7 Å². The molecule has 0 radical (unpaired) electrons. The van der Waals surface area contributed by atoms with Crippen LogP contribution in [0.3, 0.4) is 0 Å². The Bertz CT molecular complexity index is 550. The van der Waals surface area contributed by atoms with Crippen LogP contribution in [0.1, 0.15) is 60.6 Å². The van der Waals surface area contributed by atoms with Crippen LogP contribution in [-0.4, -0.2) is 11.5 Å². The van der Waals surface area contributed by atoms with Crippen molar-refractivity contribution in [2.75, 3.05) is 6.54 Å². The lowest BCUT2D eigenvalue weighted by molar-refractivity contribution is 0.423. The van der Waals surface area contributed by atoms with Crippen LogP contribution in [0.25, 0.3) is 0 Å². The average Bonchev–Trinajstić information content (AvgIpc) is 3.06. The number of hydrogen-bond acceptors (Lipinski definition) is 3. The SMILES string of the molecule is CCCNC(CC1CCCc2ccccc21)c1cncs1. The van der Waals surface area contributed by atoms with Crippen LogP contribution >= 0.6 is 11.3 Å². The van der Waals surface area contributed by atoms with E-state index in [0.717, 1.165) is 6.54 Å². The van der Waals surface area contributed by atoms with Crippen molar-refractivity contribution >= 4 is 11.3 Å². The monoisotopic (exact) mass is 300 g/mol. The molecule has 1 aromatic carbocycles. The highest BCUT2D eigenvalue weighted by Crippen LogP contribution is 2.38. The number of nitrogens with one attached hydrogen (secondary N) is 1. The number of aryl methyl sites for hydroxylation is 1. The lowest BCUT2D eigenvalue weighted by Gasteiger charge is -2.29. The van der Waals surface area contributed by atoms with E-state index in [0.29, 0.717) is 12.0 Å². The molecule has 3 heteroatoms. The first-order valence-corrected chi connectivity index (χ1v) is 8.96. The molecule has 0 fully saturated rings. The van der Waals surface area contributed by atoms with Gasteiger partial charge >= 0.3 is 0 Å². The van der Waals surface area contributed by atoms with Crippen LogP contribution in [-0.2, 0) is 6.42 Å². The highest BCUT2D eigenvalue weighted by Gasteiger charge is 2.24. The smallest absolute Gasteiger partial charge is 0.0794 e. The summed E-state index contributed by atoms with van der Waals surface area (Å²) in [6.45, 7) is 3.31. The Kier molecular flexibility index (Phi) is 5.04. The molecule has 0 spiro atoms. The minimum absolute atomic E-state index is 0.452. The van der Waals surface area contributed by atoms with Crippen molar-refractivity contribution in [3.8, 4) is 0 Å². The van der Waals surface area contributed by atoms with Gasteiger partial charge in [-0.2, -0.15) is 0 Å². The summed E-state index contributed by atoms with van der Waals surface area (Å²) in [5.74, 6) is 0.686. The third-order valence-electron chi connectivity index (χ3n) is 4.45. The van der Waals surface area contributed by atoms with Crippen LogP contribution in [0.4, 0.5) is 0 Å². The second-order valence-electron chi connectivity index (χ2n) is 5.93. The maximum Gasteiger partial charge on any atom is 0.0794 e. The van der Waals surface area contributed by atoms with E-state index in [1.54, 1.807) is 22.5 Å². The van der Waals surface area contributed by atoms with E-state index >= 15 is 0 Å². The van der Waals surface area contributed by atoms with E-state index in [4.69, 9.17) is 0 Å². The fraction of sp³-hybridized carbons (Fsp3) is 0.500. The number of nitrogens with zero attached hydrogens (tertiary/aromatic N) is 1. The van der Waals surface area contributed by atoms with Gasteiger partial charge in [0.15, 0.2) is 0 Å². The molecule has 3 rings (SSSR count). The van der Waals surface area contributed by atoms with Crippen molar-refractivity contribution in [1.29, 1.82) is 0 Å². The van der Waals surface area contributed by atoms with Crippen LogP contribution in [0.2, 0.25) is 0 Å². The average molecular weight is 300 g/mol. The lowest BCUT2D eigenvalue weighted by atomic mass is 9.79. The first-order valence-electron chi connectivity index (χ1n) is 8.08. The van der Waals surface area contributed by atoms with E-state index in [9.17, 15) is 0 Å². The van der Waals surface area contributed by atoms with Crippen molar-refractivity contribution in [2.45, 2.75) is 51.0 Å². The molecule has 1 aliphatic carbocycles. The summed E-state index contributed by atoms with van der Waals surface area (Å²) in [4.78, 5) is 5.65. The first kappa shape index (κ1) is 14.7. The number of aromatic nitrogens is 1. The van der Waals surface area contributed by atoms with Crippen molar-refractivity contribution in [3.63, 3.8) is 0 Å². The summed E-state index contributed by atoms with van der Waals surface area (Å²) in [6.07, 6.45) is 8.30. The standard InChI is InChI=1S/C18H24N2S/c1-2-10-20-17(18-12-19-13-21-18)11-15-8-5-7-14-6-3-4-9-16(14)15/h3-4,6,9,12-13,15,17,20H,2,5,7-8,10-11H2,1H3. The molecule has 1 heterocycles. The Morgan fingerprint density at radius 1 is 1.38 bits per heavy atom. The van der Waals surface area contributed by atoms with Gasteiger partial charge in [0.1, 0.15) is 0 Å². The predicted molar refractivity (Wildman–Crippen MR) is 89.9 cm³/mol. The molecule has 1 aromatic heterocycles. The zero-order valence-corrected chi connectivity index (χ0v) is 13.5. The third-order valence-corrected chi connectivity index (χ3v) is 5.34. The number of rotatable bonds is 6. The Hall–Kier alpha value is -1.19. The summed E-state index contributed by atoms with van der Waals surface area (Å²) in [7, 11) is 0. The zero-order chi connectivity index (χ0) is 14.5. The van der Waals surface area contributed by atoms with E-state index in [1.807, 2.05) is 11.7 Å². The van der Waals surface area contributed by atoms with Gasteiger partial charge in [-0.25, -0.2) is 0 Å². The molecule has 2 atom stereocenters. The highest BCUT2D eigenvalue weighted by molar-refractivity contribution is 7.09. The third kappa shape index (κ3) is 3.53. The van der Waals surface area contributed by atoms with Gasteiger partial charge in [-0.15, -0.1) is 11.3 Å². The largest absolute Gasteiger partial charge is 0.309 e. The number of benzene rings is 1. The van der Waals surface area contributed by atoms with Crippen LogP contribution in [0.15, 0.2) is 36.0 Å². The predicted octanol–water partition coefficient (Wildman–Crippen LogP) is 4.69. The molecular weight excluding hydrogens is 276 g/mol. The van der Waals surface area contributed by atoms with Crippen molar-refractivity contribution < 1.29 is 0 Å². The fourth-order valence-corrected chi connectivity index (χ4v) is 4.11. The van der Waals surface area contributed by atoms with Gasteiger partial charge < -0.3 is 5.32 Å². The molecule has 2 aromatic rings. The van der Waals surface area contributed by atoms with E-state index in [1.165, 1.54) is 37.0 Å². The molecule has 2 unspecified atom stereocenters. The maximum absolute atomic E-state index is 4.27. The fourth-order valence-electron chi connectivity index (χ4n) is 3.40. The Balaban J connectivity index is 1.77. The first-order chi connectivity index (χ1) is 10.4. The zero-order valence-electron chi connectivity index (χ0n) is 12.7. The quantitative estimate of drug-likeness (QED) is 0.837. The van der Waals surface area contributed by atoms with Gasteiger partial charge in [-0.3, -0.25) is 4.98 Å². The van der Waals surface area contributed by atoms with Gasteiger partial charge in [-0.1, -0.05) is 31.2 Å². The molecule has 0 aliphatic heterocycles. The van der Waals surface area contributed by atoms with Crippen molar-refractivity contribution in [3.05, 3.63) is 52.0 Å². The Labute approximate surface area is 131 Å². The molecule has 0 saturated carbocycles. The van der Waals surface area contributed by atoms with Gasteiger partial charge in [0.2, 0.25) is 0 Å². The number of thiazole rings is 1. The topological polar surface area (TPSA) is 24.9 Å². The summed E-state index contributed by atoms with van der Waals surface area (Å²) >= 11 is 1.78. The Morgan fingerprint density at radius 2 is 2.29 bits per heavy atom. The highest BCUT2D eigenvalue weighted by atomic mass is 32.1. The second-order valence-corrected chi connectivity index (χ2v) is 6.85. The molecular formula is C18H24N2S. The minimum atomic E-state index is 0.452. The summed E-state index contributed by atoms with van der Waals surface area (Å²) in [5, 5.41) is 3.72. The van der Waals surface area contributed by atoms with Crippen molar-refractivity contribution in [2.24, 2.45) is 0 Å². The second kappa shape index (κ2) is 7.19. The molecule has 1 N–H and O–H groups in total. The number of fused-ring (bicyclic) bond motifs is 1. The van der Waals surface area contributed by atoms with E-state index in [-0.39, 0.29) is 0 Å². The van der Waals surface area contributed by atoms with Gasteiger partial charge in [0.05, 0.1) is 5.51 Å². The lowest BCUT2D eigenvalue weighted by Crippen LogP contribution is -2.24. The molecule has 0 saturated heterocycles. The van der Waals surface area contributed by atoms with Gasteiger partial charge in [0.25, 0.3) is 0 Å². The minimum Gasteiger partial charge on any atom is -0.309 e. The summed E-state index contributed by atoms with van der Waals surface area (Å²) in [6, 6.07) is 9.47. The van der Waals surface area contributed by atoms with E-state index in [2.05, 4.69) is 41.5 Å². The molecule has 0 amide bonds. The van der Waals surface area contributed by atoms with Crippen LogP contribution in [0.5, 0.6) is 0 Å². The molecule has 112 valence electrons. The molecule has 21 heavy (non-hydrogen) atoms. The Morgan fingerprint density at radius 3 is 3.10 bits per heavy atom. The van der Waals surface area contributed by atoms with Crippen LogP contribution in [0, 0.1) is 0 Å².